The summed E-state index contributed by atoms with van der Waals surface area (Å²) in [7, 11) is 2.45. The zero-order valence-corrected chi connectivity index (χ0v) is 23.9. The molecule has 4 aromatic rings. The summed E-state index contributed by atoms with van der Waals surface area (Å²) in [5, 5.41) is 6.30. The van der Waals surface area contributed by atoms with Crippen LogP contribution in [0.3, 0.4) is 0 Å². The first-order valence-corrected chi connectivity index (χ1v) is 14.4. The fraction of sp³-hybridized carbons (Fsp3) is 0.242. The van der Waals surface area contributed by atoms with E-state index in [1.54, 1.807) is 14.2 Å². The third-order valence-electron chi connectivity index (χ3n) is 7.17. The summed E-state index contributed by atoms with van der Waals surface area (Å²) < 4.78 is 11.4. The molecule has 38 heavy (non-hydrogen) atoms. The summed E-state index contributed by atoms with van der Waals surface area (Å²) in [6, 6.07) is 26.2. The van der Waals surface area contributed by atoms with Gasteiger partial charge in [-0.2, -0.15) is 0 Å². The maximum Gasteiger partial charge on any atom is 0.138 e. The lowest BCUT2D eigenvalue weighted by molar-refractivity contribution is 0.408. The standard InChI is InChI=1S/C33H35N2O2P/c1-21-17-27(18-22(2)31(21)36-5)38(28-19-23(3)32(37-6)24(4)20-28)33-34-29-13-9-7-11-25(29)15-16-26-12-8-10-14-30(26)35-33/h7-14,17-20H,15-16H2,1-6H3,(H,34,35). The van der Waals surface area contributed by atoms with E-state index in [1.165, 1.54) is 21.7 Å². The van der Waals surface area contributed by atoms with Crippen molar-refractivity contribution in [2.45, 2.75) is 40.5 Å². The molecule has 5 heteroatoms. The smallest absolute Gasteiger partial charge is 0.138 e. The number of amidine groups is 1. The van der Waals surface area contributed by atoms with E-state index >= 15 is 0 Å². The Morgan fingerprint density at radius 1 is 0.658 bits per heavy atom. The second kappa shape index (κ2) is 11.0. The number of benzene rings is 4. The quantitative estimate of drug-likeness (QED) is 0.280. The first-order valence-electron chi connectivity index (χ1n) is 13.0. The minimum atomic E-state index is -1.03. The second-order valence-corrected chi connectivity index (χ2v) is 12.0. The molecule has 0 fully saturated rings. The third-order valence-corrected chi connectivity index (χ3v) is 9.36. The summed E-state index contributed by atoms with van der Waals surface area (Å²) in [5.74, 6) is 1.87. The van der Waals surface area contributed by atoms with Crippen LogP contribution < -0.4 is 25.4 Å². The molecule has 5 rings (SSSR count). The number of aliphatic imine (C=N–C) groups is 1. The van der Waals surface area contributed by atoms with E-state index in [2.05, 4.69) is 106 Å². The van der Waals surface area contributed by atoms with Crippen LogP contribution in [-0.2, 0) is 12.8 Å². The Bertz CT molecular complexity index is 1420. The molecule has 0 saturated heterocycles. The van der Waals surface area contributed by atoms with Crippen LogP contribution in [0.25, 0.3) is 0 Å². The van der Waals surface area contributed by atoms with Crippen molar-refractivity contribution in [2.24, 2.45) is 4.99 Å². The number of hydrogen-bond donors (Lipinski definition) is 1. The van der Waals surface area contributed by atoms with Crippen LogP contribution in [0.2, 0.25) is 0 Å². The molecule has 4 nitrogen and oxygen atoms in total. The Kier molecular flexibility index (Phi) is 7.53. The molecular formula is C33H35N2O2P. The van der Waals surface area contributed by atoms with Gasteiger partial charge in [0.25, 0.3) is 0 Å². The highest BCUT2D eigenvalue weighted by molar-refractivity contribution is 7.88. The predicted molar refractivity (Wildman–Crippen MR) is 162 cm³/mol. The van der Waals surface area contributed by atoms with E-state index in [0.29, 0.717) is 0 Å². The molecule has 194 valence electrons. The van der Waals surface area contributed by atoms with Crippen LogP contribution in [0.4, 0.5) is 11.4 Å². The molecule has 0 aromatic heterocycles. The Labute approximate surface area is 227 Å². The van der Waals surface area contributed by atoms with Gasteiger partial charge in [0.15, 0.2) is 0 Å². The van der Waals surface area contributed by atoms with Crippen molar-refractivity contribution in [2.75, 3.05) is 19.5 Å². The molecule has 0 unspecified atom stereocenters. The van der Waals surface area contributed by atoms with Gasteiger partial charge in [-0.15, -0.1) is 0 Å². The molecular weight excluding hydrogens is 487 g/mol. The molecule has 1 aliphatic rings. The number of fused-ring (bicyclic) bond motifs is 2. The van der Waals surface area contributed by atoms with E-state index < -0.39 is 7.92 Å². The number of rotatable bonds is 5. The van der Waals surface area contributed by atoms with E-state index in [-0.39, 0.29) is 0 Å². The van der Waals surface area contributed by atoms with Crippen LogP contribution in [0, 0.1) is 27.7 Å². The van der Waals surface area contributed by atoms with Gasteiger partial charge in [-0.1, -0.05) is 36.4 Å². The van der Waals surface area contributed by atoms with Crippen molar-refractivity contribution in [3.8, 4) is 11.5 Å². The van der Waals surface area contributed by atoms with E-state index in [9.17, 15) is 0 Å². The zero-order valence-electron chi connectivity index (χ0n) is 23.1. The van der Waals surface area contributed by atoms with Crippen molar-refractivity contribution in [3.63, 3.8) is 0 Å². The number of anilines is 1. The van der Waals surface area contributed by atoms with E-state index in [1.807, 2.05) is 0 Å². The molecule has 0 bridgehead atoms. The van der Waals surface area contributed by atoms with Crippen molar-refractivity contribution < 1.29 is 9.47 Å². The van der Waals surface area contributed by atoms with Gasteiger partial charge in [0.1, 0.15) is 17.1 Å². The largest absolute Gasteiger partial charge is 0.496 e. The Hall–Kier alpha value is -3.62. The summed E-state index contributed by atoms with van der Waals surface area (Å²) >= 11 is 0. The number of nitrogens with zero attached hydrogens (tertiary/aromatic N) is 1. The number of nitrogens with one attached hydrogen (secondary N) is 1. The van der Waals surface area contributed by atoms with Crippen molar-refractivity contribution >= 4 is 35.5 Å². The number of ether oxygens (including phenoxy) is 2. The van der Waals surface area contributed by atoms with Gasteiger partial charge in [-0.3, -0.25) is 0 Å². The summed E-state index contributed by atoms with van der Waals surface area (Å²) in [5.41, 5.74) is 10.2. The summed E-state index contributed by atoms with van der Waals surface area (Å²) in [4.78, 5) is 5.39. The van der Waals surface area contributed by atoms with Crippen LogP contribution in [-0.4, -0.2) is 19.8 Å². The lowest BCUT2D eigenvalue weighted by Crippen LogP contribution is -2.25. The summed E-state index contributed by atoms with van der Waals surface area (Å²) in [6.45, 7) is 8.49. The first-order chi connectivity index (χ1) is 18.4. The van der Waals surface area contributed by atoms with Crippen LogP contribution in [0.5, 0.6) is 11.5 Å². The lowest BCUT2D eigenvalue weighted by Gasteiger charge is -2.25. The number of hydrogen-bond acceptors (Lipinski definition) is 4. The number of methoxy groups -OCH3 is 2. The maximum absolute atomic E-state index is 5.72. The van der Waals surface area contributed by atoms with Gasteiger partial charge in [0.2, 0.25) is 0 Å². The predicted octanol–water partition coefficient (Wildman–Crippen LogP) is 7.27. The third kappa shape index (κ3) is 5.06. The monoisotopic (exact) mass is 522 g/mol. The van der Waals surface area contributed by atoms with Crippen molar-refractivity contribution in [3.05, 3.63) is 106 Å². The molecule has 0 saturated carbocycles. The maximum atomic E-state index is 5.72. The molecule has 1 heterocycles. The van der Waals surface area contributed by atoms with Gasteiger partial charge in [-0.05, 0) is 121 Å². The average Bonchev–Trinajstić information content (AvgIpc) is 2.96. The molecule has 4 aromatic carbocycles. The van der Waals surface area contributed by atoms with Crippen LogP contribution in [0.15, 0.2) is 77.8 Å². The fourth-order valence-corrected chi connectivity index (χ4v) is 8.00. The van der Waals surface area contributed by atoms with Gasteiger partial charge < -0.3 is 14.8 Å². The topological polar surface area (TPSA) is 42.8 Å². The van der Waals surface area contributed by atoms with Gasteiger partial charge in [-0.25, -0.2) is 4.99 Å². The van der Waals surface area contributed by atoms with Gasteiger partial charge in [0.05, 0.1) is 19.9 Å². The molecule has 0 spiro atoms. The molecule has 0 amide bonds. The van der Waals surface area contributed by atoms with Crippen LogP contribution >= 0.6 is 7.92 Å². The van der Waals surface area contributed by atoms with Crippen LogP contribution in [0.1, 0.15) is 33.4 Å². The Balaban J connectivity index is 1.79. The van der Waals surface area contributed by atoms with Crippen molar-refractivity contribution in [1.82, 2.24) is 0 Å². The highest BCUT2D eigenvalue weighted by atomic mass is 31.1. The highest BCUT2D eigenvalue weighted by Gasteiger charge is 2.26. The Morgan fingerprint density at radius 3 is 1.68 bits per heavy atom. The minimum absolute atomic E-state index is 0.936. The molecule has 0 aliphatic carbocycles. The fourth-order valence-electron chi connectivity index (χ4n) is 5.48. The average molecular weight is 523 g/mol. The zero-order chi connectivity index (χ0) is 26.8. The normalized spacial score (nSPS) is 12.9. The molecule has 1 N–H and O–H groups in total. The van der Waals surface area contributed by atoms with E-state index in [0.717, 1.165) is 63.5 Å². The lowest BCUT2D eigenvalue weighted by atomic mass is 10.0. The van der Waals surface area contributed by atoms with Gasteiger partial charge >= 0.3 is 0 Å². The van der Waals surface area contributed by atoms with E-state index in [4.69, 9.17) is 14.5 Å². The molecule has 1 aliphatic heterocycles. The van der Waals surface area contributed by atoms with Crippen molar-refractivity contribution in [1.29, 1.82) is 0 Å². The number of aryl methyl sites for hydroxylation is 6. The first kappa shape index (κ1) is 26.0. The SMILES string of the molecule is COc1c(C)cc(P(C2=Nc3ccccc3CCc3ccccc3N2)c2cc(C)c(OC)c(C)c2)cc1C. The van der Waals surface area contributed by atoms with Gasteiger partial charge in [0, 0.05) is 13.6 Å². The molecule has 0 atom stereocenters. The number of para-hydroxylation sites is 2. The minimum Gasteiger partial charge on any atom is -0.496 e. The highest BCUT2D eigenvalue weighted by Crippen LogP contribution is 2.42. The molecule has 0 radical (unpaired) electrons. The summed E-state index contributed by atoms with van der Waals surface area (Å²) in [6.07, 6.45) is 1.91. The Morgan fingerprint density at radius 2 is 1.13 bits per heavy atom. The second-order valence-electron chi connectivity index (χ2n) is 9.91.